The van der Waals surface area contributed by atoms with E-state index in [1.165, 1.54) is 5.56 Å². The third kappa shape index (κ3) is 4.81. The van der Waals surface area contributed by atoms with Crippen LogP contribution < -0.4 is 5.32 Å². The van der Waals surface area contributed by atoms with E-state index in [9.17, 15) is 4.79 Å². The van der Waals surface area contributed by atoms with E-state index in [2.05, 4.69) is 32.2 Å². The standard InChI is InChI=1S/C19H19BrN4O/c20-17-2-1-3-18(12-17)22-19(25)24-10-8-23(9-11-24)14-16-6-4-15(13-21)5-7-16/h1-7,12H,8-11,14H2,(H,22,25). The molecule has 25 heavy (non-hydrogen) atoms. The number of hydrogen-bond acceptors (Lipinski definition) is 3. The highest BCUT2D eigenvalue weighted by Crippen LogP contribution is 2.17. The fourth-order valence-corrected chi connectivity index (χ4v) is 3.22. The topological polar surface area (TPSA) is 59.4 Å². The molecule has 0 bridgehead atoms. The van der Waals surface area contributed by atoms with Crippen molar-refractivity contribution in [2.75, 3.05) is 31.5 Å². The minimum Gasteiger partial charge on any atom is -0.322 e. The number of piperazine rings is 1. The fraction of sp³-hybridized carbons (Fsp3) is 0.263. The first-order valence-electron chi connectivity index (χ1n) is 8.17. The summed E-state index contributed by atoms with van der Waals surface area (Å²) in [5.41, 5.74) is 2.66. The van der Waals surface area contributed by atoms with Crippen LogP contribution in [-0.4, -0.2) is 42.0 Å². The van der Waals surface area contributed by atoms with Crippen molar-refractivity contribution in [1.82, 2.24) is 9.80 Å². The van der Waals surface area contributed by atoms with Crippen LogP contribution in [0.25, 0.3) is 0 Å². The van der Waals surface area contributed by atoms with Crippen molar-refractivity contribution in [3.05, 3.63) is 64.1 Å². The van der Waals surface area contributed by atoms with Gasteiger partial charge in [-0.3, -0.25) is 4.90 Å². The van der Waals surface area contributed by atoms with Crippen molar-refractivity contribution >= 4 is 27.6 Å². The van der Waals surface area contributed by atoms with E-state index in [-0.39, 0.29) is 6.03 Å². The van der Waals surface area contributed by atoms with Gasteiger partial charge in [0.25, 0.3) is 0 Å². The zero-order chi connectivity index (χ0) is 17.6. The number of hydrogen-bond donors (Lipinski definition) is 1. The van der Waals surface area contributed by atoms with Crippen LogP contribution in [0.5, 0.6) is 0 Å². The second kappa shape index (κ2) is 8.15. The molecule has 0 saturated carbocycles. The average Bonchev–Trinajstić information content (AvgIpc) is 2.63. The lowest BCUT2D eigenvalue weighted by Gasteiger charge is -2.34. The molecule has 3 rings (SSSR count). The van der Waals surface area contributed by atoms with E-state index in [0.717, 1.165) is 29.8 Å². The summed E-state index contributed by atoms with van der Waals surface area (Å²) in [6.45, 7) is 3.93. The van der Waals surface area contributed by atoms with E-state index in [0.29, 0.717) is 18.7 Å². The quantitative estimate of drug-likeness (QED) is 0.857. The predicted octanol–water partition coefficient (Wildman–Crippen LogP) is 3.67. The number of carbonyl (C=O) groups excluding carboxylic acids is 1. The molecule has 2 aromatic carbocycles. The second-order valence-corrected chi connectivity index (χ2v) is 6.93. The highest BCUT2D eigenvalue weighted by molar-refractivity contribution is 9.10. The number of anilines is 1. The molecule has 1 aliphatic heterocycles. The van der Waals surface area contributed by atoms with Gasteiger partial charge in [-0.1, -0.05) is 34.1 Å². The predicted molar refractivity (Wildman–Crippen MR) is 101 cm³/mol. The Balaban J connectivity index is 1.49. The van der Waals surface area contributed by atoms with Crippen LogP contribution in [0.1, 0.15) is 11.1 Å². The van der Waals surface area contributed by atoms with Gasteiger partial charge in [-0.25, -0.2) is 4.79 Å². The molecular formula is C19H19BrN4O. The Labute approximate surface area is 156 Å². The Morgan fingerprint density at radius 3 is 2.48 bits per heavy atom. The van der Waals surface area contributed by atoms with E-state index >= 15 is 0 Å². The van der Waals surface area contributed by atoms with E-state index in [1.54, 1.807) is 0 Å². The Morgan fingerprint density at radius 2 is 1.84 bits per heavy atom. The summed E-state index contributed by atoms with van der Waals surface area (Å²) in [5.74, 6) is 0. The van der Waals surface area contributed by atoms with Crippen LogP contribution in [-0.2, 0) is 6.54 Å². The zero-order valence-corrected chi connectivity index (χ0v) is 15.4. The first-order valence-corrected chi connectivity index (χ1v) is 8.96. The smallest absolute Gasteiger partial charge is 0.321 e. The maximum atomic E-state index is 12.4. The normalized spacial score (nSPS) is 14.8. The molecule has 0 aliphatic carbocycles. The van der Waals surface area contributed by atoms with Gasteiger partial charge in [0, 0.05) is 42.9 Å². The lowest BCUT2D eigenvalue weighted by atomic mass is 10.1. The number of halogens is 1. The molecular weight excluding hydrogens is 380 g/mol. The van der Waals surface area contributed by atoms with Gasteiger partial charge in [0.05, 0.1) is 11.6 Å². The molecule has 1 fully saturated rings. The number of rotatable bonds is 3. The van der Waals surface area contributed by atoms with Gasteiger partial charge in [0.15, 0.2) is 0 Å². The molecule has 0 spiro atoms. The highest BCUT2D eigenvalue weighted by Gasteiger charge is 2.21. The van der Waals surface area contributed by atoms with Crippen LogP contribution in [0.2, 0.25) is 0 Å². The van der Waals surface area contributed by atoms with Crippen molar-refractivity contribution in [1.29, 1.82) is 5.26 Å². The molecule has 2 amide bonds. The molecule has 0 radical (unpaired) electrons. The maximum absolute atomic E-state index is 12.4. The monoisotopic (exact) mass is 398 g/mol. The van der Waals surface area contributed by atoms with Crippen LogP contribution in [0.3, 0.4) is 0 Å². The molecule has 6 heteroatoms. The van der Waals surface area contributed by atoms with Crippen molar-refractivity contribution in [3.8, 4) is 6.07 Å². The van der Waals surface area contributed by atoms with Gasteiger partial charge < -0.3 is 10.2 Å². The third-order valence-electron chi connectivity index (χ3n) is 4.22. The lowest BCUT2D eigenvalue weighted by molar-refractivity contribution is 0.143. The van der Waals surface area contributed by atoms with Crippen LogP contribution in [0.4, 0.5) is 10.5 Å². The van der Waals surface area contributed by atoms with Gasteiger partial charge in [-0.2, -0.15) is 5.26 Å². The van der Waals surface area contributed by atoms with Gasteiger partial charge in [0.2, 0.25) is 0 Å². The molecule has 0 unspecified atom stereocenters. The zero-order valence-electron chi connectivity index (χ0n) is 13.8. The van der Waals surface area contributed by atoms with E-state index in [1.807, 2.05) is 53.4 Å². The van der Waals surface area contributed by atoms with Gasteiger partial charge in [0.1, 0.15) is 0 Å². The molecule has 5 nitrogen and oxygen atoms in total. The molecule has 0 atom stereocenters. The van der Waals surface area contributed by atoms with Crippen molar-refractivity contribution in [2.24, 2.45) is 0 Å². The van der Waals surface area contributed by atoms with Crippen molar-refractivity contribution in [2.45, 2.75) is 6.54 Å². The summed E-state index contributed by atoms with van der Waals surface area (Å²) in [7, 11) is 0. The summed E-state index contributed by atoms with van der Waals surface area (Å²) in [5, 5.41) is 11.8. The van der Waals surface area contributed by atoms with Crippen molar-refractivity contribution < 1.29 is 4.79 Å². The number of benzene rings is 2. The van der Waals surface area contributed by atoms with Crippen LogP contribution >= 0.6 is 15.9 Å². The average molecular weight is 399 g/mol. The fourth-order valence-electron chi connectivity index (χ4n) is 2.82. The molecule has 1 saturated heterocycles. The molecule has 2 aromatic rings. The molecule has 128 valence electrons. The number of nitrogens with zero attached hydrogens (tertiary/aromatic N) is 3. The molecule has 1 N–H and O–H groups in total. The summed E-state index contributed by atoms with van der Waals surface area (Å²) < 4.78 is 0.942. The van der Waals surface area contributed by atoms with Gasteiger partial charge in [-0.15, -0.1) is 0 Å². The SMILES string of the molecule is N#Cc1ccc(CN2CCN(C(=O)Nc3cccc(Br)c3)CC2)cc1. The molecule has 1 heterocycles. The number of urea groups is 1. The Hall–Kier alpha value is -2.36. The number of amides is 2. The maximum Gasteiger partial charge on any atom is 0.321 e. The van der Waals surface area contributed by atoms with E-state index < -0.39 is 0 Å². The first-order chi connectivity index (χ1) is 12.1. The molecule has 0 aromatic heterocycles. The largest absolute Gasteiger partial charge is 0.322 e. The summed E-state index contributed by atoms with van der Waals surface area (Å²) in [6, 6.07) is 17.3. The lowest BCUT2D eigenvalue weighted by Crippen LogP contribution is -2.49. The van der Waals surface area contributed by atoms with Gasteiger partial charge in [-0.05, 0) is 35.9 Å². The van der Waals surface area contributed by atoms with Crippen LogP contribution in [0, 0.1) is 11.3 Å². The second-order valence-electron chi connectivity index (χ2n) is 6.01. The first kappa shape index (κ1) is 17.5. The minimum atomic E-state index is -0.0591. The number of carbonyl (C=O) groups is 1. The number of nitrogens with one attached hydrogen (secondary N) is 1. The Kier molecular flexibility index (Phi) is 5.69. The minimum absolute atomic E-state index is 0.0591. The van der Waals surface area contributed by atoms with Gasteiger partial charge >= 0.3 is 6.03 Å². The third-order valence-corrected chi connectivity index (χ3v) is 4.72. The summed E-state index contributed by atoms with van der Waals surface area (Å²) in [4.78, 5) is 16.5. The summed E-state index contributed by atoms with van der Waals surface area (Å²) in [6.07, 6.45) is 0. The van der Waals surface area contributed by atoms with E-state index in [4.69, 9.17) is 5.26 Å². The number of nitriles is 1. The summed E-state index contributed by atoms with van der Waals surface area (Å²) >= 11 is 3.41. The van der Waals surface area contributed by atoms with Crippen molar-refractivity contribution in [3.63, 3.8) is 0 Å². The molecule has 1 aliphatic rings. The van der Waals surface area contributed by atoms with Crippen LogP contribution in [0.15, 0.2) is 53.0 Å². The Morgan fingerprint density at radius 1 is 1.12 bits per heavy atom. The highest BCUT2D eigenvalue weighted by atomic mass is 79.9. The Bertz CT molecular complexity index is 777.